The van der Waals surface area contributed by atoms with Gasteiger partial charge < -0.3 is 9.80 Å². The minimum Gasteiger partial charge on any atom is -0.347 e. The van der Waals surface area contributed by atoms with Crippen molar-refractivity contribution in [2.24, 2.45) is 0 Å². The molecule has 0 aliphatic heterocycles. The topological polar surface area (TPSA) is 48.1 Å². The molecule has 1 aromatic rings. The molecule has 0 bridgehead atoms. The fraction of sp³-hybridized carbons (Fsp3) is 0.778. The zero-order chi connectivity index (χ0) is 10.6. The first-order valence-corrected chi connectivity index (χ1v) is 4.96. The Labute approximate surface area is 85.1 Å². The van der Waals surface area contributed by atoms with Crippen molar-refractivity contribution in [2.75, 3.05) is 37.5 Å². The zero-order valence-corrected chi connectivity index (χ0v) is 9.41. The van der Waals surface area contributed by atoms with E-state index in [0.29, 0.717) is 0 Å². The van der Waals surface area contributed by atoms with Crippen LogP contribution in [0.3, 0.4) is 0 Å². The highest BCUT2D eigenvalue weighted by Gasteiger charge is 2.07. The fourth-order valence-corrected chi connectivity index (χ4v) is 1.12. The Morgan fingerprint density at radius 2 is 1.79 bits per heavy atom. The number of nitrogens with one attached hydrogen (secondary N) is 1. The molecule has 0 aliphatic rings. The third-order valence-electron chi connectivity index (χ3n) is 2.10. The number of nitrogens with zero attached hydrogens (tertiary/aromatic N) is 4. The van der Waals surface area contributed by atoms with Gasteiger partial charge in [0.2, 0.25) is 11.9 Å². The Balaban J connectivity index is 2.57. The summed E-state index contributed by atoms with van der Waals surface area (Å²) in [6.45, 7) is 3.19. The van der Waals surface area contributed by atoms with Gasteiger partial charge in [0, 0.05) is 27.7 Å². The van der Waals surface area contributed by atoms with Crippen LogP contribution in [0.2, 0.25) is 0 Å². The first-order chi connectivity index (χ1) is 6.65. The molecule has 0 spiro atoms. The Hall–Kier alpha value is -1.26. The number of aromatic amines is 1. The molecule has 5 heteroatoms. The van der Waals surface area contributed by atoms with Crippen LogP contribution < -0.4 is 9.80 Å². The molecule has 1 heterocycles. The summed E-state index contributed by atoms with van der Waals surface area (Å²) in [6, 6.07) is 0. The average Bonchev–Trinajstić information content (AvgIpc) is 2.62. The molecule has 1 rings (SSSR count). The van der Waals surface area contributed by atoms with Gasteiger partial charge in [0.1, 0.15) is 0 Å². The number of rotatable bonds is 5. The minimum atomic E-state index is 0.795. The number of H-pyrrole nitrogens is 1. The summed E-state index contributed by atoms with van der Waals surface area (Å²) in [5, 5.41) is 8.09. The number of hydrogen-bond acceptors (Lipinski definition) is 4. The van der Waals surface area contributed by atoms with Gasteiger partial charge in [0.15, 0.2) is 0 Å². The van der Waals surface area contributed by atoms with Gasteiger partial charge in [0.25, 0.3) is 0 Å². The number of hydrogen-bond donors (Lipinski definition) is 1. The van der Waals surface area contributed by atoms with E-state index in [-0.39, 0.29) is 0 Å². The van der Waals surface area contributed by atoms with E-state index in [4.69, 9.17) is 0 Å². The smallest absolute Gasteiger partial charge is 0.225 e. The maximum absolute atomic E-state index is 4.07. The van der Waals surface area contributed by atoms with Crippen LogP contribution in [0.25, 0.3) is 0 Å². The SMILES string of the molecule is CCCCN(C)c1nnc(N(C)C)[nH]1. The van der Waals surface area contributed by atoms with Gasteiger partial charge >= 0.3 is 0 Å². The van der Waals surface area contributed by atoms with Gasteiger partial charge in [-0.1, -0.05) is 13.3 Å². The summed E-state index contributed by atoms with van der Waals surface area (Å²) in [4.78, 5) is 7.14. The van der Waals surface area contributed by atoms with Crippen LogP contribution in [-0.2, 0) is 0 Å². The molecule has 0 aliphatic carbocycles. The molecule has 0 unspecified atom stereocenters. The van der Waals surface area contributed by atoms with Crippen molar-refractivity contribution in [1.29, 1.82) is 0 Å². The van der Waals surface area contributed by atoms with Crippen molar-refractivity contribution in [3.8, 4) is 0 Å². The summed E-state index contributed by atoms with van der Waals surface area (Å²) in [5.74, 6) is 1.63. The van der Waals surface area contributed by atoms with Crippen LogP contribution in [0.1, 0.15) is 19.8 Å². The molecule has 80 valence electrons. The molecule has 0 amide bonds. The third kappa shape index (κ3) is 2.61. The summed E-state index contributed by atoms with van der Waals surface area (Å²) in [6.07, 6.45) is 2.37. The highest BCUT2D eigenvalue weighted by atomic mass is 15.4. The molecule has 5 nitrogen and oxygen atoms in total. The van der Waals surface area contributed by atoms with Gasteiger partial charge in [-0.3, -0.25) is 4.98 Å². The molecule has 0 aromatic carbocycles. The second-order valence-electron chi connectivity index (χ2n) is 3.64. The summed E-state index contributed by atoms with van der Waals surface area (Å²) < 4.78 is 0. The molecule has 1 N–H and O–H groups in total. The first-order valence-electron chi connectivity index (χ1n) is 4.96. The molecule has 1 aromatic heterocycles. The molecular weight excluding hydrogens is 178 g/mol. The average molecular weight is 197 g/mol. The monoisotopic (exact) mass is 197 g/mol. The van der Waals surface area contributed by atoms with E-state index in [1.54, 1.807) is 0 Å². The van der Waals surface area contributed by atoms with Crippen LogP contribution >= 0.6 is 0 Å². The van der Waals surface area contributed by atoms with Gasteiger partial charge in [-0.15, -0.1) is 10.2 Å². The van der Waals surface area contributed by atoms with E-state index in [1.807, 2.05) is 26.0 Å². The maximum Gasteiger partial charge on any atom is 0.225 e. The van der Waals surface area contributed by atoms with E-state index in [9.17, 15) is 0 Å². The second kappa shape index (κ2) is 4.83. The van der Waals surface area contributed by atoms with Crippen LogP contribution in [0.15, 0.2) is 0 Å². The highest BCUT2D eigenvalue weighted by Crippen LogP contribution is 2.10. The second-order valence-corrected chi connectivity index (χ2v) is 3.64. The Morgan fingerprint density at radius 1 is 1.14 bits per heavy atom. The molecule has 0 saturated heterocycles. The van der Waals surface area contributed by atoms with E-state index in [1.165, 1.54) is 12.8 Å². The molecule has 0 fully saturated rings. The van der Waals surface area contributed by atoms with Crippen molar-refractivity contribution >= 4 is 11.9 Å². The van der Waals surface area contributed by atoms with Crippen molar-refractivity contribution in [3.05, 3.63) is 0 Å². The number of aromatic nitrogens is 3. The molecular formula is C9H19N5. The van der Waals surface area contributed by atoms with Crippen molar-refractivity contribution in [3.63, 3.8) is 0 Å². The van der Waals surface area contributed by atoms with E-state index >= 15 is 0 Å². The molecule has 0 radical (unpaired) electrons. The van der Waals surface area contributed by atoms with Crippen molar-refractivity contribution in [2.45, 2.75) is 19.8 Å². The number of unbranched alkanes of at least 4 members (excludes halogenated alkanes) is 1. The number of anilines is 2. The van der Waals surface area contributed by atoms with Crippen molar-refractivity contribution < 1.29 is 0 Å². The van der Waals surface area contributed by atoms with Crippen LogP contribution in [-0.4, -0.2) is 42.9 Å². The zero-order valence-electron chi connectivity index (χ0n) is 9.41. The lowest BCUT2D eigenvalue weighted by molar-refractivity contribution is 0.751. The van der Waals surface area contributed by atoms with Gasteiger partial charge in [-0.2, -0.15) is 0 Å². The largest absolute Gasteiger partial charge is 0.347 e. The minimum absolute atomic E-state index is 0.795. The predicted octanol–water partition coefficient (Wildman–Crippen LogP) is 1.11. The Kier molecular flexibility index (Phi) is 3.73. The third-order valence-corrected chi connectivity index (χ3v) is 2.10. The van der Waals surface area contributed by atoms with Gasteiger partial charge in [0.05, 0.1) is 0 Å². The van der Waals surface area contributed by atoms with Gasteiger partial charge in [-0.05, 0) is 6.42 Å². The van der Waals surface area contributed by atoms with E-state index < -0.39 is 0 Å². The quantitative estimate of drug-likeness (QED) is 0.768. The summed E-state index contributed by atoms with van der Waals surface area (Å²) in [5.41, 5.74) is 0. The highest BCUT2D eigenvalue weighted by molar-refractivity contribution is 5.36. The lowest BCUT2D eigenvalue weighted by Crippen LogP contribution is -2.19. The normalized spacial score (nSPS) is 10.3. The first kappa shape index (κ1) is 10.8. The summed E-state index contributed by atoms with van der Waals surface area (Å²) in [7, 11) is 5.91. The standard InChI is InChI=1S/C9H19N5/c1-5-6-7-14(4)9-10-8(11-12-9)13(2)3/h5-7H2,1-4H3,(H,10,11,12). The fourth-order valence-electron chi connectivity index (χ4n) is 1.12. The molecule has 0 atom stereocenters. The Bertz CT molecular complexity index is 268. The maximum atomic E-state index is 4.07. The molecule has 0 saturated carbocycles. The predicted molar refractivity (Wildman–Crippen MR) is 58.9 cm³/mol. The molecule has 14 heavy (non-hydrogen) atoms. The van der Waals surface area contributed by atoms with E-state index in [0.717, 1.165) is 18.4 Å². The lowest BCUT2D eigenvalue weighted by Gasteiger charge is -2.14. The Morgan fingerprint density at radius 3 is 2.29 bits per heavy atom. The summed E-state index contributed by atoms with van der Waals surface area (Å²) >= 11 is 0. The van der Waals surface area contributed by atoms with Crippen molar-refractivity contribution in [1.82, 2.24) is 15.2 Å². The lowest BCUT2D eigenvalue weighted by atomic mass is 10.3. The van der Waals surface area contributed by atoms with E-state index in [2.05, 4.69) is 27.0 Å². The van der Waals surface area contributed by atoms with Gasteiger partial charge in [-0.25, -0.2) is 0 Å². The van der Waals surface area contributed by atoms with Crippen LogP contribution in [0, 0.1) is 0 Å². The van der Waals surface area contributed by atoms with Crippen LogP contribution in [0.4, 0.5) is 11.9 Å². The van der Waals surface area contributed by atoms with Crippen LogP contribution in [0.5, 0.6) is 0 Å².